The number of carbonyl (C=O) groups excluding carboxylic acids is 1. The number of carbonyl (C=O) groups is 1. The van der Waals surface area contributed by atoms with Crippen molar-refractivity contribution >= 4 is 56.9 Å². The van der Waals surface area contributed by atoms with Gasteiger partial charge in [-0.05, 0) is 58.2 Å². The Morgan fingerprint density at radius 1 is 1.14 bits per heavy atom. The number of nitro benzene ring substituents is 1. The Bertz CT molecular complexity index is 1270. The van der Waals surface area contributed by atoms with Gasteiger partial charge < -0.3 is 9.47 Å². The van der Waals surface area contributed by atoms with E-state index in [0.717, 1.165) is 5.56 Å². The van der Waals surface area contributed by atoms with Crippen LogP contribution in [0.4, 0.5) is 5.69 Å². The second kappa shape index (κ2) is 12.5. The molecule has 1 amide bonds. The smallest absolute Gasteiger partial charge is 0.273 e. The molecule has 0 bridgehead atoms. The van der Waals surface area contributed by atoms with Crippen molar-refractivity contribution in [2.45, 2.75) is 20.0 Å². The van der Waals surface area contributed by atoms with Gasteiger partial charge in [0.1, 0.15) is 6.61 Å². The molecule has 0 spiro atoms. The van der Waals surface area contributed by atoms with E-state index in [1.165, 1.54) is 18.3 Å². The van der Waals surface area contributed by atoms with Crippen molar-refractivity contribution in [3.8, 4) is 11.5 Å². The molecule has 3 aromatic rings. The summed E-state index contributed by atoms with van der Waals surface area (Å²) < 4.78 is 12.3. The zero-order valence-corrected chi connectivity index (χ0v) is 21.6. The van der Waals surface area contributed by atoms with Crippen molar-refractivity contribution < 1.29 is 19.2 Å². The minimum absolute atomic E-state index is 0.117. The first kappa shape index (κ1) is 26.5. The summed E-state index contributed by atoms with van der Waals surface area (Å²) in [5, 5.41) is 16.0. The van der Waals surface area contributed by atoms with Crippen LogP contribution in [-0.2, 0) is 17.8 Å². The standard InChI is InChI=1S/C24H20BrCl2N3O5/c1-2-34-22-11-16(9-18(25)24(22)35-14-15-7-8-19(26)20(27)10-15)13-28-29-23(31)12-17-5-3-4-6-21(17)30(32)33/h3-11,13H,2,12,14H2,1H3,(H,29,31)/b28-13+. The van der Waals surface area contributed by atoms with Gasteiger partial charge in [0.25, 0.3) is 5.69 Å². The molecule has 0 heterocycles. The van der Waals surface area contributed by atoms with E-state index in [1.54, 1.807) is 36.4 Å². The summed E-state index contributed by atoms with van der Waals surface area (Å²) in [6.07, 6.45) is 1.26. The summed E-state index contributed by atoms with van der Waals surface area (Å²) in [7, 11) is 0. The highest BCUT2D eigenvalue weighted by Crippen LogP contribution is 2.37. The molecular weight excluding hydrogens is 561 g/mol. The van der Waals surface area contributed by atoms with Gasteiger partial charge in [-0.15, -0.1) is 0 Å². The summed E-state index contributed by atoms with van der Waals surface area (Å²) >= 11 is 15.5. The number of para-hydroxylation sites is 1. The molecule has 0 saturated carbocycles. The van der Waals surface area contributed by atoms with Crippen molar-refractivity contribution in [1.82, 2.24) is 5.43 Å². The number of amides is 1. The van der Waals surface area contributed by atoms with Crippen LogP contribution in [-0.4, -0.2) is 23.7 Å². The van der Waals surface area contributed by atoms with Gasteiger partial charge >= 0.3 is 0 Å². The molecule has 0 unspecified atom stereocenters. The van der Waals surface area contributed by atoms with Crippen LogP contribution in [0.5, 0.6) is 11.5 Å². The molecule has 8 nitrogen and oxygen atoms in total. The van der Waals surface area contributed by atoms with Gasteiger partial charge in [-0.25, -0.2) is 5.43 Å². The summed E-state index contributed by atoms with van der Waals surface area (Å²) in [5.41, 5.74) is 4.04. The van der Waals surface area contributed by atoms with Crippen molar-refractivity contribution in [2.24, 2.45) is 5.10 Å². The number of benzene rings is 3. The van der Waals surface area contributed by atoms with Crippen LogP contribution in [0.15, 0.2) is 64.2 Å². The molecule has 182 valence electrons. The van der Waals surface area contributed by atoms with Gasteiger partial charge in [0.2, 0.25) is 5.91 Å². The number of hydrogen-bond donors (Lipinski definition) is 1. The van der Waals surface area contributed by atoms with Crippen molar-refractivity contribution in [3.05, 3.63) is 95.9 Å². The lowest BCUT2D eigenvalue weighted by Gasteiger charge is -2.15. The van der Waals surface area contributed by atoms with Crippen molar-refractivity contribution in [2.75, 3.05) is 6.61 Å². The van der Waals surface area contributed by atoms with Gasteiger partial charge in [-0.1, -0.05) is 47.5 Å². The number of nitro groups is 1. The highest BCUT2D eigenvalue weighted by atomic mass is 79.9. The normalized spacial score (nSPS) is 10.9. The third-order valence-corrected chi connectivity index (χ3v) is 5.97. The lowest BCUT2D eigenvalue weighted by atomic mass is 10.1. The lowest BCUT2D eigenvalue weighted by Crippen LogP contribution is -2.20. The fourth-order valence-electron chi connectivity index (χ4n) is 3.08. The average Bonchev–Trinajstić information content (AvgIpc) is 2.81. The number of halogens is 3. The lowest BCUT2D eigenvalue weighted by molar-refractivity contribution is -0.385. The topological polar surface area (TPSA) is 103 Å². The van der Waals surface area contributed by atoms with Gasteiger partial charge in [-0.2, -0.15) is 5.10 Å². The molecule has 3 aromatic carbocycles. The van der Waals surface area contributed by atoms with Crippen LogP contribution in [0.3, 0.4) is 0 Å². The Morgan fingerprint density at radius 2 is 1.91 bits per heavy atom. The Labute approximate surface area is 220 Å². The number of hydrazone groups is 1. The van der Waals surface area contributed by atoms with Crippen LogP contribution in [0.2, 0.25) is 10.0 Å². The number of nitrogens with one attached hydrogen (secondary N) is 1. The van der Waals surface area contributed by atoms with E-state index in [0.29, 0.717) is 43.8 Å². The third kappa shape index (κ3) is 7.42. The largest absolute Gasteiger partial charge is 0.490 e. The maximum Gasteiger partial charge on any atom is 0.273 e. The summed E-state index contributed by atoms with van der Waals surface area (Å²) in [6.45, 7) is 2.49. The molecule has 35 heavy (non-hydrogen) atoms. The Hall–Kier alpha value is -3.14. The van der Waals surface area contributed by atoms with Gasteiger partial charge in [-0.3, -0.25) is 14.9 Å². The number of ether oxygens (including phenoxy) is 2. The highest BCUT2D eigenvalue weighted by molar-refractivity contribution is 9.10. The highest BCUT2D eigenvalue weighted by Gasteiger charge is 2.16. The molecule has 0 fully saturated rings. The second-order valence-corrected chi connectivity index (χ2v) is 8.82. The maximum atomic E-state index is 12.2. The van der Waals surface area contributed by atoms with Crippen LogP contribution in [0.25, 0.3) is 0 Å². The van der Waals surface area contributed by atoms with Gasteiger partial charge in [0.15, 0.2) is 11.5 Å². The summed E-state index contributed by atoms with van der Waals surface area (Å²) in [5.74, 6) is 0.492. The first-order valence-electron chi connectivity index (χ1n) is 10.4. The second-order valence-electron chi connectivity index (χ2n) is 7.16. The minimum Gasteiger partial charge on any atom is -0.490 e. The predicted molar refractivity (Wildman–Crippen MR) is 139 cm³/mol. The predicted octanol–water partition coefficient (Wildman–Crippen LogP) is 6.33. The molecule has 0 aliphatic heterocycles. The van der Waals surface area contributed by atoms with Gasteiger partial charge in [0.05, 0.1) is 38.7 Å². The quantitative estimate of drug-likeness (QED) is 0.171. The first-order chi connectivity index (χ1) is 16.8. The molecule has 0 atom stereocenters. The van der Waals surface area contributed by atoms with Crippen LogP contribution in [0.1, 0.15) is 23.6 Å². The summed E-state index contributed by atoms with van der Waals surface area (Å²) in [6, 6.07) is 14.8. The monoisotopic (exact) mass is 579 g/mol. The molecule has 0 radical (unpaired) electrons. The maximum absolute atomic E-state index is 12.2. The fourth-order valence-corrected chi connectivity index (χ4v) is 3.98. The molecule has 0 aliphatic rings. The number of nitrogens with zero attached hydrogens (tertiary/aromatic N) is 2. The van der Waals surface area contributed by atoms with Crippen LogP contribution < -0.4 is 14.9 Å². The molecule has 0 saturated heterocycles. The Kier molecular flexibility index (Phi) is 9.47. The zero-order valence-electron chi connectivity index (χ0n) is 18.5. The van der Waals surface area contributed by atoms with Crippen LogP contribution in [0, 0.1) is 10.1 Å². The van der Waals surface area contributed by atoms with E-state index in [1.807, 2.05) is 13.0 Å². The number of rotatable bonds is 10. The Balaban J connectivity index is 1.69. The van der Waals surface area contributed by atoms with E-state index in [9.17, 15) is 14.9 Å². The van der Waals surface area contributed by atoms with E-state index in [-0.39, 0.29) is 18.7 Å². The molecule has 1 N–H and O–H groups in total. The first-order valence-corrected chi connectivity index (χ1v) is 11.9. The SMILES string of the molecule is CCOc1cc(/C=N/NC(=O)Cc2ccccc2[N+](=O)[O-])cc(Br)c1OCc1ccc(Cl)c(Cl)c1. The zero-order chi connectivity index (χ0) is 25.4. The van der Waals surface area contributed by atoms with E-state index in [2.05, 4.69) is 26.5 Å². The molecule has 3 rings (SSSR count). The fraction of sp³-hybridized carbons (Fsp3) is 0.167. The molecule has 0 aliphatic carbocycles. The van der Waals surface area contributed by atoms with Gasteiger partial charge in [0, 0.05) is 11.6 Å². The number of hydrogen-bond acceptors (Lipinski definition) is 6. The van der Waals surface area contributed by atoms with Crippen molar-refractivity contribution in [1.29, 1.82) is 0 Å². The van der Waals surface area contributed by atoms with E-state index < -0.39 is 10.8 Å². The Morgan fingerprint density at radius 3 is 2.63 bits per heavy atom. The molecule has 0 aromatic heterocycles. The van der Waals surface area contributed by atoms with Crippen LogP contribution >= 0.6 is 39.1 Å². The minimum atomic E-state index is -0.524. The summed E-state index contributed by atoms with van der Waals surface area (Å²) in [4.78, 5) is 22.8. The average molecular weight is 581 g/mol. The molecule has 11 heteroatoms. The van der Waals surface area contributed by atoms with E-state index in [4.69, 9.17) is 32.7 Å². The van der Waals surface area contributed by atoms with Crippen molar-refractivity contribution in [3.63, 3.8) is 0 Å². The third-order valence-electron chi connectivity index (χ3n) is 4.64. The van der Waals surface area contributed by atoms with E-state index >= 15 is 0 Å². The molecular formula is C24H20BrCl2N3O5.